The number of hydrogen-bond acceptors (Lipinski definition) is 4. The summed E-state index contributed by atoms with van der Waals surface area (Å²) in [6.07, 6.45) is 4.56. The van der Waals surface area contributed by atoms with Gasteiger partial charge in [0.25, 0.3) is 0 Å². The molecule has 0 spiro atoms. The molecule has 0 bridgehead atoms. The Morgan fingerprint density at radius 3 is 2.67 bits per heavy atom. The molecule has 0 saturated heterocycles. The van der Waals surface area contributed by atoms with Gasteiger partial charge in [0.1, 0.15) is 0 Å². The molecule has 0 amide bonds. The predicted octanol–water partition coefficient (Wildman–Crippen LogP) is 3.50. The van der Waals surface area contributed by atoms with Crippen LogP contribution >= 0.6 is 11.3 Å². The number of aryl methyl sites for hydroxylation is 2. The van der Waals surface area contributed by atoms with Gasteiger partial charge in [0.15, 0.2) is 11.5 Å². The van der Waals surface area contributed by atoms with Crippen LogP contribution in [0.2, 0.25) is 0 Å². The Labute approximate surface area is 129 Å². The van der Waals surface area contributed by atoms with Crippen molar-refractivity contribution in [1.82, 2.24) is 0 Å². The van der Waals surface area contributed by atoms with Gasteiger partial charge in [-0.2, -0.15) is 0 Å². The van der Waals surface area contributed by atoms with Gasteiger partial charge in [-0.1, -0.05) is 6.07 Å². The van der Waals surface area contributed by atoms with Crippen LogP contribution < -0.4 is 15.2 Å². The third-order valence-electron chi connectivity index (χ3n) is 4.03. The quantitative estimate of drug-likeness (QED) is 0.919. The van der Waals surface area contributed by atoms with Crippen LogP contribution in [0.25, 0.3) is 0 Å². The summed E-state index contributed by atoms with van der Waals surface area (Å²) in [5.41, 5.74) is 9.08. The summed E-state index contributed by atoms with van der Waals surface area (Å²) in [6.45, 7) is 0. The molecule has 1 heterocycles. The lowest BCUT2D eigenvalue weighted by molar-refractivity contribution is 0.354. The van der Waals surface area contributed by atoms with Crippen molar-refractivity contribution in [3.8, 4) is 11.5 Å². The normalized spacial score (nSPS) is 14.8. The Hall–Kier alpha value is -1.52. The molecule has 0 saturated carbocycles. The monoisotopic (exact) mass is 303 g/mol. The van der Waals surface area contributed by atoms with Crippen molar-refractivity contribution >= 4 is 11.3 Å². The standard InChI is InChI=1S/C17H21NO2S/c1-19-14-7-6-11(9-15(14)20-2)8-13(18)17-10-12-4-3-5-16(12)21-17/h6-7,9-10,13H,3-5,8,18H2,1-2H3. The molecule has 21 heavy (non-hydrogen) atoms. The van der Waals surface area contributed by atoms with Crippen LogP contribution in [-0.2, 0) is 19.3 Å². The highest BCUT2D eigenvalue weighted by Crippen LogP contribution is 2.35. The van der Waals surface area contributed by atoms with E-state index in [0.29, 0.717) is 0 Å². The first-order valence-corrected chi connectivity index (χ1v) is 8.11. The van der Waals surface area contributed by atoms with E-state index in [2.05, 4.69) is 12.1 Å². The zero-order valence-electron chi connectivity index (χ0n) is 12.5. The zero-order chi connectivity index (χ0) is 14.8. The summed E-state index contributed by atoms with van der Waals surface area (Å²) in [5, 5.41) is 0. The van der Waals surface area contributed by atoms with Crippen molar-refractivity contribution in [2.75, 3.05) is 14.2 Å². The van der Waals surface area contributed by atoms with Crippen molar-refractivity contribution in [3.63, 3.8) is 0 Å². The number of hydrogen-bond donors (Lipinski definition) is 1. The average Bonchev–Trinajstić information content (AvgIpc) is 3.08. The summed E-state index contributed by atoms with van der Waals surface area (Å²) in [7, 11) is 3.31. The van der Waals surface area contributed by atoms with Crippen LogP contribution in [0.15, 0.2) is 24.3 Å². The van der Waals surface area contributed by atoms with Crippen molar-refractivity contribution in [2.45, 2.75) is 31.7 Å². The molecule has 1 atom stereocenters. The molecule has 112 valence electrons. The molecule has 0 aliphatic heterocycles. The topological polar surface area (TPSA) is 44.5 Å². The maximum absolute atomic E-state index is 6.39. The molecule has 3 rings (SSSR count). The average molecular weight is 303 g/mol. The highest BCUT2D eigenvalue weighted by atomic mass is 32.1. The van der Waals surface area contributed by atoms with E-state index >= 15 is 0 Å². The number of ether oxygens (including phenoxy) is 2. The lowest BCUT2D eigenvalue weighted by atomic mass is 10.0. The molecule has 0 radical (unpaired) electrons. The van der Waals surface area contributed by atoms with Gasteiger partial charge in [0, 0.05) is 15.8 Å². The van der Waals surface area contributed by atoms with Crippen LogP contribution in [0.5, 0.6) is 11.5 Å². The Kier molecular flexibility index (Phi) is 4.17. The third-order valence-corrected chi connectivity index (χ3v) is 5.40. The highest BCUT2D eigenvalue weighted by molar-refractivity contribution is 7.12. The van der Waals surface area contributed by atoms with E-state index in [1.165, 1.54) is 40.1 Å². The van der Waals surface area contributed by atoms with Gasteiger partial charge in [-0.05, 0) is 55.0 Å². The summed E-state index contributed by atoms with van der Waals surface area (Å²) >= 11 is 1.89. The van der Waals surface area contributed by atoms with Gasteiger partial charge in [-0.25, -0.2) is 0 Å². The molecule has 1 aliphatic rings. The predicted molar refractivity (Wildman–Crippen MR) is 86.5 cm³/mol. The first-order valence-electron chi connectivity index (χ1n) is 7.29. The van der Waals surface area contributed by atoms with Crippen LogP contribution in [-0.4, -0.2) is 14.2 Å². The van der Waals surface area contributed by atoms with E-state index in [9.17, 15) is 0 Å². The molecule has 1 aromatic heterocycles. The highest BCUT2D eigenvalue weighted by Gasteiger charge is 2.18. The van der Waals surface area contributed by atoms with Gasteiger partial charge < -0.3 is 15.2 Å². The number of fused-ring (bicyclic) bond motifs is 1. The smallest absolute Gasteiger partial charge is 0.160 e. The van der Waals surface area contributed by atoms with Crippen molar-refractivity contribution in [3.05, 3.63) is 45.1 Å². The number of benzene rings is 1. The summed E-state index contributed by atoms with van der Waals surface area (Å²) in [5.74, 6) is 1.51. The van der Waals surface area contributed by atoms with E-state index in [0.717, 1.165) is 17.9 Å². The van der Waals surface area contributed by atoms with Gasteiger partial charge in [-0.3, -0.25) is 0 Å². The van der Waals surface area contributed by atoms with Crippen molar-refractivity contribution in [1.29, 1.82) is 0 Å². The molecule has 4 heteroatoms. The largest absolute Gasteiger partial charge is 0.493 e. The maximum Gasteiger partial charge on any atom is 0.160 e. The van der Waals surface area contributed by atoms with Crippen molar-refractivity contribution in [2.24, 2.45) is 5.73 Å². The Morgan fingerprint density at radius 2 is 1.95 bits per heavy atom. The first kappa shape index (κ1) is 14.4. The van der Waals surface area contributed by atoms with Gasteiger partial charge in [0.05, 0.1) is 14.2 Å². The molecule has 1 unspecified atom stereocenters. The minimum absolute atomic E-state index is 0.0544. The number of methoxy groups -OCH3 is 2. The number of thiophene rings is 1. The van der Waals surface area contributed by atoms with Gasteiger partial charge in [0.2, 0.25) is 0 Å². The minimum atomic E-state index is 0.0544. The van der Waals surface area contributed by atoms with E-state index in [1.54, 1.807) is 14.2 Å². The molecule has 1 aromatic carbocycles. The van der Waals surface area contributed by atoms with E-state index in [4.69, 9.17) is 15.2 Å². The Morgan fingerprint density at radius 1 is 1.14 bits per heavy atom. The second kappa shape index (κ2) is 6.08. The van der Waals surface area contributed by atoms with Crippen LogP contribution in [0.3, 0.4) is 0 Å². The molecule has 2 aromatic rings. The molecule has 3 nitrogen and oxygen atoms in total. The summed E-state index contributed by atoms with van der Waals surface area (Å²) in [4.78, 5) is 2.84. The Balaban J connectivity index is 1.76. The maximum atomic E-state index is 6.39. The molecular formula is C17H21NO2S. The second-order valence-electron chi connectivity index (χ2n) is 5.45. The fraction of sp³-hybridized carbons (Fsp3) is 0.412. The summed E-state index contributed by atoms with van der Waals surface area (Å²) in [6, 6.07) is 8.37. The summed E-state index contributed by atoms with van der Waals surface area (Å²) < 4.78 is 10.6. The van der Waals surface area contributed by atoms with Crippen LogP contribution in [0.1, 0.15) is 33.3 Å². The van der Waals surface area contributed by atoms with Gasteiger partial charge in [-0.15, -0.1) is 11.3 Å². The van der Waals surface area contributed by atoms with Crippen LogP contribution in [0.4, 0.5) is 0 Å². The van der Waals surface area contributed by atoms with Gasteiger partial charge >= 0.3 is 0 Å². The number of rotatable bonds is 5. The van der Waals surface area contributed by atoms with E-state index in [1.807, 2.05) is 23.5 Å². The van der Waals surface area contributed by atoms with E-state index in [-0.39, 0.29) is 6.04 Å². The SMILES string of the molecule is COc1ccc(CC(N)c2cc3c(s2)CCC3)cc1OC. The molecular weight excluding hydrogens is 282 g/mol. The second-order valence-corrected chi connectivity index (χ2v) is 6.62. The fourth-order valence-electron chi connectivity index (χ4n) is 2.90. The van der Waals surface area contributed by atoms with Crippen molar-refractivity contribution < 1.29 is 9.47 Å². The molecule has 0 fully saturated rings. The lowest BCUT2D eigenvalue weighted by Crippen LogP contribution is -2.12. The zero-order valence-corrected chi connectivity index (χ0v) is 13.3. The Bertz CT molecular complexity index is 614. The lowest BCUT2D eigenvalue weighted by Gasteiger charge is -2.13. The third kappa shape index (κ3) is 2.92. The first-order chi connectivity index (χ1) is 10.2. The van der Waals surface area contributed by atoms with E-state index < -0.39 is 0 Å². The molecule has 2 N–H and O–H groups in total. The fourth-order valence-corrected chi connectivity index (χ4v) is 4.16. The number of nitrogens with two attached hydrogens (primary N) is 1. The van der Waals surface area contributed by atoms with Crippen LogP contribution in [0, 0.1) is 0 Å². The minimum Gasteiger partial charge on any atom is -0.493 e. The molecule has 1 aliphatic carbocycles.